The minimum Gasteiger partial charge on any atom is -0.371 e. The van der Waals surface area contributed by atoms with Crippen LogP contribution in [0.15, 0.2) is 36.5 Å². The van der Waals surface area contributed by atoms with Crippen LogP contribution in [0, 0.1) is 0 Å². The first-order chi connectivity index (χ1) is 9.75. The summed E-state index contributed by atoms with van der Waals surface area (Å²) in [6.45, 7) is 1.87. The van der Waals surface area contributed by atoms with E-state index >= 15 is 0 Å². The van der Waals surface area contributed by atoms with Crippen LogP contribution in [0.25, 0.3) is 0 Å². The lowest BCUT2D eigenvalue weighted by molar-refractivity contribution is 0.0984. The van der Waals surface area contributed by atoms with Crippen molar-refractivity contribution in [2.75, 3.05) is 18.0 Å². The van der Waals surface area contributed by atoms with E-state index in [0.717, 1.165) is 37.2 Å². The van der Waals surface area contributed by atoms with Gasteiger partial charge < -0.3 is 4.90 Å². The minimum absolute atomic E-state index is 0.267. The Morgan fingerprint density at radius 2 is 2.10 bits per heavy atom. The summed E-state index contributed by atoms with van der Waals surface area (Å²) in [5.41, 5.74) is 3.17. The van der Waals surface area contributed by atoms with E-state index in [4.69, 9.17) is 0 Å². The second kappa shape index (κ2) is 5.49. The van der Waals surface area contributed by atoms with Crippen LogP contribution in [0.2, 0.25) is 0 Å². The van der Waals surface area contributed by atoms with Crippen molar-refractivity contribution in [2.45, 2.75) is 19.3 Å². The number of para-hydroxylation sites is 1. The Bertz CT molecular complexity index is 618. The third-order valence-corrected chi connectivity index (χ3v) is 3.94. The predicted octanol–water partition coefficient (Wildman–Crippen LogP) is 2.45. The van der Waals surface area contributed by atoms with Crippen LogP contribution in [-0.4, -0.2) is 28.7 Å². The maximum atomic E-state index is 12.1. The van der Waals surface area contributed by atoms with E-state index in [2.05, 4.69) is 22.1 Å². The van der Waals surface area contributed by atoms with Crippen LogP contribution in [0.5, 0.6) is 0 Å². The highest BCUT2D eigenvalue weighted by Crippen LogP contribution is 2.26. The molecule has 4 nitrogen and oxygen atoms in total. The van der Waals surface area contributed by atoms with E-state index in [9.17, 15) is 4.79 Å². The summed E-state index contributed by atoms with van der Waals surface area (Å²) in [6, 6.07) is 10.0. The first-order valence-electron chi connectivity index (χ1n) is 7.10. The minimum atomic E-state index is 0.267. The number of hydrogen-bond acceptors (Lipinski definition) is 3. The number of benzene rings is 1. The average molecular weight is 269 g/mol. The molecule has 20 heavy (non-hydrogen) atoms. The van der Waals surface area contributed by atoms with Crippen molar-refractivity contribution in [2.24, 2.45) is 7.05 Å². The number of nitrogens with zero attached hydrogens (tertiary/aromatic N) is 3. The molecule has 3 rings (SSSR count). The Morgan fingerprint density at radius 3 is 2.90 bits per heavy atom. The van der Waals surface area contributed by atoms with Gasteiger partial charge in [0.2, 0.25) is 0 Å². The third-order valence-electron chi connectivity index (χ3n) is 3.94. The molecule has 2 aromatic rings. The number of ketones is 1. The largest absolute Gasteiger partial charge is 0.371 e. The quantitative estimate of drug-likeness (QED) is 0.859. The first kappa shape index (κ1) is 12.9. The average Bonchev–Trinajstić information content (AvgIpc) is 2.80. The molecule has 2 heterocycles. The van der Waals surface area contributed by atoms with Gasteiger partial charge in [-0.25, -0.2) is 0 Å². The number of carbonyl (C=O) groups excluding carboxylic acids is 1. The molecule has 0 amide bonds. The normalized spacial score (nSPS) is 15.1. The van der Waals surface area contributed by atoms with Gasteiger partial charge in [-0.2, -0.15) is 5.10 Å². The lowest BCUT2D eigenvalue weighted by Gasteiger charge is -2.24. The zero-order valence-corrected chi connectivity index (χ0v) is 11.7. The molecule has 0 saturated carbocycles. The molecule has 4 heteroatoms. The summed E-state index contributed by atoms with van der Waals surface area (Å²) in [4.78, 5) is 14.4. The fourth-order valence-corrected chi connectivity index (χ4v) is 2.80. The van der Waals surface area contributed by atoms with Crippen LogP contribution < -0.4 is 4.90 Å². The Balaban J connectivity index is 1.81. The Hall–Kier alpha value is -2.10. The summed E-state index contributed by atoms with van der Waals surface area (Å²) in [5.74, 6) is 0.267. The topological polar surface area (TPSA) is 38.1 Å². The van der Waals surface area contributed by atoms with Crippen molar-refractivity contribution < 1.29 is 4.79 Å². The number of hydrogen-bond donors (Lipinski definition) is 0. The maximum Gasteiger partial charge on any atom is 0.165 e. The number of carbonyl (C=O) groups is 1. The fraction of sp³-hybridized carbons (Fsp3) is 0.375. The van der Waals surface area contributed by atoms with Crippen molar-refractivity contribution in [3.05, 3.63) is 47.8 Å². The summed E-state index contributed by atoms with van der Waals surface area (Å²) in [7, 11) is 1.97. The SMILES string of the molecule is Cn1nccc1CCN1CCCC(=O)c2ccccc21. The van der Waals surface area contributed by atoms with Crippen LogP contribution in [0.1, 0.15) is 28.9 Å². The predicted molar refractivity (Wildman–Crippen MR) is 79.1 cm³/mol. The van der Waals surface area contributed by atoms with Gasteiger partial charge in [0.1, 0.15) is 0 Å². The van der Waals surface area contributed by atoms with Gasteiger partial charge in [0, 0.05) is 56.1 Å². The van der Waals surface area contributed by atoms with Gasteiger partial charge in [-0.15, -0.1) is 0 Å². The van der Waals surface area contributed by atoms with Gasteiger partial charge in [-0.1, -0.05) is 12.1 Å². The molecule has 1 aliphatic rings. The zero-order chi connectivity index (χ0) is 13.9. The number of aromatic nitrogens is 2. The van der Waals surface area contributed by atoms with Crippen molar-refractivity contribution in [1.29, 1.82) is 0 Å². The molecule has 1 aliphatic heterocycles. The van der Waals surface area contributed by atoms with Crippen molar-refractivity contribution in [3.8, 4) is 0 Å². The molecular formula is C16H19N3O. The molecule has 104 valence electrons. The van der Waals surface area contributed by atoms with Crippen molar-refractivity contribution in [3.63, 3.8) is 0 Å². The lowest BCUT2D eigenvalue weighted by atomic mass is 10.1. The molecule has 0 radical (unpaired) electrons. The number of anilines is 1. The maximum absolute atomic E-state index is 12.1. The molecular weight excluding hydrogens is 250 g/mol. The van der Waals surface area contributed by atoms with Gasteiger partial charge in [0.15, 0.2) is 5.78 Å². The van der Waals surface area contributed by atoms with Gasteiger partial charge in [0.25, 0.3) is 0 Å². The molecule has 0 atom stereocenters. The smallest absolute Gasteiger partial charge is 0.165 e. The standard InChI is InChI=1S/C16H19N3O/c1-18-13(8-10-17-18)9-12-19-11-4-7-16(20)14-5-2-3-6-15(14)19/h2-3,5-6,8,10H,4,7,9,11-12H2,1H3. The highest BCUT2D eigenvalue weighted by molar-refractivity contribution is 6.01. The van der Waals surface area contributed by atoms with Gasteiger partial charge >= 0.3 is 0 Å². The molecule has 1 aromatic heterocycles. The van der Waals surface area contributed by atoms with Crippen molar-refractivity contribution in [1.82, 2.24) is 9.78 Å². The number of fused-ring (bicyclic) bond motifs is 1. The highest BCUT2D eigenvalue weighted by atomic mass is 16.1. The second-order valence-corrected chi connectivity index (χ2v) is 5.23. The van der Waals surface area contributed by atoms with Crippen LogP contribution in [0.3, 0.4) is 0 Å². The molecule has 0 bridgehead atoms. The highest BCUT2D eigenvalue weighted by Gasteiger charge is 2.20. The lowest BCUT2D eigenvalue weighted by Crippen LogP contribution is -2.27. The Morgan fingerprint density at radius 1 is 1.25 bits per heavy atom. The van der Waals surface area contributed by atoms with E-state index < -0.39 is 0 Å². The van der Waals surface area contributed by atoms with Crippen LogP contribution >= 0.6 is 0 Å². The molecule has 0 unspecified atom stereocenters. The molecule has 0 saturated heterocycles. The van der Waals surface area contributed by atoms with Gasteiger partial charge in [-0.05, 0) is 24.6 Å². The van der Waals surface area contributed by atoms with E-state index in [1.54, 1.807) is 0 Å². The van der Waals surface area contributed by atoms with Gasteiger partial charge in [-0.3, -0.25) is 9.48 Å². The summed E-state index contributed by atoms with van der Waals surface area (Å²) >= 11 is 0. The third kappa shape index (κ3) is 2.46. The monoisotopic (exact) mass is 269 g/mol. The fourth-order valence-electron chi connectivity index (χ4n) is 2.80. The second-order valence-electron chi connectivity index (χ2n) is 5.23. The van der Waals surface area contributed by atoms with Crippen LogP contribution in [-0.2, 0) is 13.5 Å². The molecule has 0 aliphatic carbocycles. The van der Waals surface area contributed by atoms with E-state index in [1.807, 2.05) is 36.1 Å². The number of rotatable bonds is 3. The zero-order valence-electron chi connectivity index (χ0n) is 11.7. The molecule has 0 spiro atoms. The molecule has 1 aromatic carbocycles. The summed E-state index contributed by atoms with van der Waals surface area (Å²) in [5, 5.41) is 4.20. The van der Waals surface area contributed by atoms with Crippen LogP contribution in [0.4, 0.5) is 5.69 Å². The van der Waals surface area contributed by atoms with E-state index in [1.165, 1.54) is 5.69 Å². The van der Waals surface area contributed by atoms with Gasteiger partial charge in [0.05, 0.1) is 0 Å². The Kier molecular flexibility index (Phi) is 3.54. The number of aryl methyl sites for hydroxylation is 1. The van der Waals surface area contributed by atoms with Crippen molar-refractivity contribution >= 4 is 11.5 Å². The Labute approximate surface area is 119 Å². The molecule has 0 N–H and O–H groups in total. The molecule has 0 fully saturated rings. The summed E-state index contributed by atoms with van der Waals surface area (Å²) in [6.07, 6.45) is 4.35. The van der Waals surface area contributed by atoms with E-state index in [0.29, 0.717) is 6.42 Å². The summed E-state index contributed by atoms with van der Waals surface area (Å²) < 4.78 is 1.91. The number of Topliss-reactive ketones (excluding diaryl/α,β-unsaturated/α-hetero) is 1. The first-order valence-corrected chi connectivity index (χ1v) is 7.10. The van der Waals surface area contributed by atoms with E-state index in [-0.39, 0.29) is 5.78 Å².